The minimum atomic E-state index is 0.249. The van der Waals surface area contributed by atoms with E-state index >= 15 is 0 Å². The van der Waals surface area contributed by atoms with Gasteiger partial charge < -0.3 is 10.2 Å². The van der Waals surface area contributed by atoms with Crippen LogP contribution in [0.5, 0.6) is 11.5 Å². The number of phenolic OH excluding ortho intramolecular Hbond substituents is 2. The van der Waals surface area contributed by atoms with Crippen molar-refractivity contribution < 1.29 is 10.2 Å². The monoisotopic (exact) mass is 302 g/mol. The van der Waals surface area contributed by atoms with Gasteiger partial charge in [-0.2, -0.15) is 0 Å². The van der Waals surface area contributed by atoms with Gasteiger partial charge in [0.05, 0.1) is 0 Å². The lowest BCUT2D eigenvalue weighted by atomic mass is 10.1. The molecule has 0 heterocycles. The zero-order chi connectivity index (χ0) is 15.8. The van der Waals surface area contributed by atoms with Crippen LogP contribution in [0.3, 0.4) is 0 Å². The van der Waals surface area contributed by atoms with Crippen LogP contribution in [0.2, 0.25) is 0 Å². The molecule has 23 heavy (non-hydrogen) atoms. The largest absolute Gasteiger partial charge is 0.508 e. The molecule has 2 heteroatoms. The van der Waals surface area contributed by atoms with Crippen LogP contribution in [0, 0.1) is 0 Å². The van der Waals surface area contributed by atoms with Crippen LogP contribution in [0.4, 0.5) is 0 Å². The van der Waals surface area contributed by atoms with Gasteiger partial charge in [-0.3, -0.25) is 0 Å². The number of phenols is 2. The van der Waals surface area contributed by atoms with Gasteiger partial charge >= 0.3 is 0 Å². The summed E-state index contributed by atoms with van der Waals surface area (Å²) in [5, 5.41) is 24.6. The van der Waals surface area contributed by atoms with Gasteiger partial charge in [-0.1, -0.05) is 54.6 Å². The lowest BCUT2D eigenvalue weighted by Crippen LogP contribution is -1.93. The first-order valence-corrected chi connectivity index (χ1v) is 7.62. The predicted molar refractivity (Wildman–Crippen MR) is 94.0 cm³/mol. The van der Waals surface area contributed by atoms with E-state index in [-0.39, 0.29) is 11.5 Å². The van der Waals surface area contributed by atoms with E-state index in [4.69, 9.17) is 0 Å². The third-order valence-electron chi connectivity index (χ3n) is 4.32. The van der Waals surface area contributed by atoms with E-state index in [9.17, 15) is 10.2 Å². The Kier molecular flexibility index (Phi) is 3.16. The minimum Gasteiger partial charge on any atom is -0.508 e. The van der Waals surface area contributed by atoms with E-state index in [1.165, 1.54) is 0 Å². The molecule has 0 saturated heterocycles. The SMILES string of the molecule is Oc1cc([14CH2]c2c(O)ccc3ccccc23)c2ccccc2c1. The van der Waals surface area contributed by atoms with Gasteiger partial charge in [-0.15, -0.1) is 0 Å². The zero-order valence-electron chi connectivity index (χ0n) is 12.5. The van der Waals surface area contributed by atoms with E-state index in [0.717, 1.165) is 32.7 Å². The molecule has 4 aromatic rings. The fourth-order valence-corrected chi connectivity index (χ4v) is 3.22. The number of benzene rings is 4. The van der Waals surface area contributed by atoms with Gasteiger partial charge in [0, 0.05) is 12.0 Å². The van der Waals surface area contributed by atoms with Crippen LogP contribution in [0.25, 0.3) is 21.5 Å². The normalized spacial score (nSPS) is 11.1. The molecular weight excluding hydrogens is 286 g/mol. The average molecular weight is 302 g/mol. The Labute approximate surface area is 134 Å². The molecule has 0 unspecified atom stereocenters. The molecule has 0 saturated carbocycles. The molecule has 0 spiro atoms. The summed E-state index contributed by atoms with van der Waals surface area (Å²) in [5.74, 6) is 0.537. The van der Waals surface area contributed by atoms with Gasteiger partial charge in [0.1, 0.15) is 11.5 Å². The summed E-state index contributed by atoms with van der Waals surface area (Å²) < 4.78 is 0. The van der Waals surface area contributed by atoms with Gasteiger partial charge in [0.25, 0.3) is 0 Å². The highest BCUT2D eigenvalue weighted by Gasteiger charge is 2.11. The molecule has 4 rings (SSSR count). The van der Waals surface area contributed by atoms with Crippen molar-refractivity contribution in [3.63, 3.8) is 0 Å². The lowest BCUT2D eigenvalue weighted by Gasteiger charge is -2.12. The van der Waals surface area contributed by atoms with Crippen LogP contribution < -0.4 is 0 Å². The molecule has 0 amide bonds. The Bertz CT molecular complexity index is 1020. The van der Waals surface area contributed by atoms with Crippen LogP contribution in [-0.2, 0) is 6.42 Å². The Morgan fingerprint density at radius 2 is 1.35 bits per heavy atom. The summed E-state index contributed by atoms with van der Waals surface area (Å²) in [6, 6.07) is 23.2. The van der Waals surface area contributed by atoms with E-state index in [2.05, 4.69) is 0 Å². The van der Waals surface area contributed by atoms with E-state index in [0.29, 0.717) is 6.42 Å². The molecule has 4 aromatic carbocycles. The fraction of sp³-hybridized carbons (Fsp3) is 0.0476. The summed E-state index contributed by atoms with van der Waals surface area (Å²) in [6.45, 7) is 0. The molecule has 0 atom stereocenters. The Hall–Kier alpha value is -3.00. The first-order valence-electron chi connectivity index (χ1n) is 7.62. The van der Waals surface area contributed by atoms with Crippen LogP contribution in [-0.4, -0.2) is 10.2 Å². The third-order valence-corrected chi connectivity index (χ3v) is 4.32. The summed E-state index contributed by atoms with van der Waals surface area (Å²) in [7, 11) is 0. The van der Waals surface area contributed by atoms with Gasteiger partial charge in [-0.25, -0.2) is 0 Å². The fourth-order valence-electron chi connectivity index (χ4n) is 3.22. The molecule has 0 radical (unpaired) electrons. The van der Waals surface area contributed by atoms with Gasteiger partial charge in [0.15, 0.2) is 0 Å². The molecule has 0 aliphatic carbocycles. The number of hydrogen-bond donors (Lipinski definition) is 2. The topological polar surface area (TPSA) is 40.5 Å². The first-order chi connectivity index (χ1) is 11.2. The van der Waals surface area contributed by atoms with Crippen molar-refractivity contribution in [2.24, 2.45) is 0 Å². The smallest absolute Gasteiger partial charge is 0.119 e. The van der Waals surface area contributed by atoms with Gasteiger partial charge in [-0.05, 0) is 45.3 Å². The highest BCUT2D eigenvalue weighted by molar-refractivity contribution is 5.91. The highest BCUT2D eigenvalue weighted by atomic mass is 16.3. The Morgan fingerprint density at radius 1 is 0.652 bits per heavy atom. The van der Waals surface area contributed by atoms with Crippen molar-refractivity contribution in [2.75, 3.05) is 0 Å². The Morgan fingerprint density at radius 3 is 2.17 bits per heavy atom. The standard InChI is InChI=1S/C21H16O2/c22-17-11-15-6-2-3-7-18(15)16(12-17)13-20-19-8-4-1-5-14(19)9-10-21(20)23/h1-12,22-23H,13H2/i13+2. The van der Waals surface area contributed by atoms with Crippen molar-refractivity contribution in [1.29, 1.82) is 0 Å². The van der Waals surface area contributed by atoms with Crippen molar-refractivity contribution >= 4 is 21.5 Å². The molecular formula is C21H16O2. The van der Waals surface area contributed by atoms with E-state index in [1.807, 2.05) is 54.6 Å². The number of aromatic hydroxyl groups is 2. The quantitative estimate of drug-likeness (QED) is 0.547. The molecule has 0 aliphatic rings. The summed E-state index contributed by atoms with van der Waals surface area (Å²) in [5.41, 5.74) is 1.89. The third kappa shape index (κ3) is 2.38. The average Bonchev–Trinajstić information content (AvgIpc) is 2.57. The predicted octanol–water partition coefficient (Wildman–Crippen LogP) is 5.00. The summed E-state index contributed by atoms with van der Waals surface area (Å²) in [6.07, 6.45) is 0.572. The lowest BCUT2D eigenvalue weighted by molar-refractivity contribution is 0.469. The van der Waals surface area contributed by atoms with Crippen molar-refractivity contribution in [2.45, 2.75) is 6.42 Å². The molecule has 2 nitrogen and oxygen atoms in total. The number of hydrogen-bond acceptors (Lipinski definition) is 2. The Balaban J connectivity index is 1.94. The van der Waals surface area contributed by atoms with E-state index in [1.54, 1.807) is 18.2 Å². The summed E-state index contributed by atoms with van der Waals surface area (Å²) >= 11 is 0. The maximum atomic E-state index is 10.3. The molecule has 2 N–H and O–H groups in total. The van der Waals surface area contributed by atoms with Crippen molar-refractivity contribution in [1.82, 2.24) is 0 Å². The molecule has 112 valence electrons. The highest BCUT2D eigenvalue weighted by Crippen LogP contribution is 2.32. The van der Waals surface area contributed by atoms with E-state index < -0.39 is 0 Å². The van der Waals surface area contributed by atoms with Crippen LogP contribution in [0.1, 0.15) is 11.1 Å². The number of fused-ring (bicyclic) bond motifs is 2. The molecule has 0 bridgehead atoms. The number of rotatable bonds is 2. The van der Waals surface area contributed by atoms with Gasteiger partial charge in [0.2, 0.25) is 0 Å². The minimum absolute atomic E-state index is 0.249. The second-order valence-corrected chi connectivity index (χ2v) is 5.79. The maximum absolute atomic E-state index is 10.3. The first kappa shape index (κ1) is 13.6. The second-order valence-electron chi connectivity index (χ2n) is 5.79. The molecule has 0 fully saturated rings. The second kappa shape index (κ2) is 5.33. The van der Waals surface area contributed by atoms with Crippen LogP contribution in [0.15, 0.2) is 72.8 Å². The van der Waals surface area contributed by atoms with Crippen LogP contribution >= 0.6 is 0 Å². The molecule has 0 aliphatic heterocycles. The zero-order valence-corrected chi connectivity index (χ0v) is 12.5. The molecule has 0 aromatic heterocycles. The summed E-state index contributed by atoms with van der Waals surface area (Å²) in [4.78, 5) is 0. The van der Waals surface area contributed by atoms with Crippen molar-refractivity contribution in [3.8, 4) is 11.5 Å². The maximum Gasteiger partial charge on any atom is 0.119 e. The van der Waals surface area contributed by atoms with Crippen molar-refractivity contribution in [3.05, 3.63) is 83.9 Å².